The largest absolute Gasteiger partial charge is 0.0651 e. The van der Waals surface area contributed by atoms with Crippen molar-refractivity contribution < 1.29 is 0 Å². The summed E-state index contributed by atoms with van der Waals surface area (Å²) in [5.74, 6) is 1.62. The summed E-state index contributed by atoms with van der Waals surface area (Å²) < 4.78 is 0. The first-order valence-electron chi connectivity index (χ1n) is 11.7. The van der Waals surface area contributed by atoms with Gasteiger partial charge in [-0.1, -0.05) is 103 Å². The van der Waals surface area contributed by atoms with Crippen molar-refractivity contribution in [2.45, 2.75) is 91.9 Å². The lowest BCUT2D eigenvalue weighted by Crippen LogP contribution is -2.42. The highest BCUT2D eigenvalue weighted by atomic mass is 14.7. The van der Waals surface area contributed by atoms with Crippen molar-refractivity contribution in [2.24, 2.45) is 17.3 Å². The molecule has 0 radical (unpaired) electrons. The van der Waals surface area contributed by atoms with Crippen LogP contribution in [0.1, 0.15) is 90.0 Å². The zero-order chi connectivity index (χ0) is 21.4. The molecule has 29 heavy (non-hydrogen) atoms. The maximum atomic E-state index is 2.49. The van der Waals surface area contributed by atoms with E-state index in [2.05, 4.69) is 104 Å². The van der Waals surface area contributed by atoms with Gasteiger partial charge in [0.1, 0.15) is 0 Å². The molecule has 1 fully saturated rings. The molecule has 158 valence electrons. The number of hydrogen-bond donors (Lipinski definition) is 0. The molecule has 0 heterocycles. The lowest BCUT2D eigenvalue weighted by molar-refractivity contribution is 0.140. The molecule has 2 aromatic carbocycles. The van der Waals surface area contributed by atoms with Crippen LogP contribution in [0.5, 0.6) is 0 Å². The SMILES string of the molecule is CCC(C)CCc1ccccc1.Cc1cccc2c1C1(C)CC2(C)C(C)(C)C1C. The zero-order valence-corrected chi connectivity index (χ0v) is 20.1. The second-order valence-corrected chi connectivity index (χ2v) is 10.9. The molecule has 2 aliphatic rings. The number of fused-ring (bicyclic) bond motifs is 5. The van der Waals surface area contributed by atoms with E-state index in [1.165, 1.54) is 36.8 Å². The van der Waals surface area contributed by atoms with Crippen LogP contribution in [0.3, 0.4) is 0 Å². The number of rotatable bonds is 4. The highest BCUT2D eigenvalue weighted by Crippen LogP contribution is 2.71. The first kappa shape index (κ1) is 22.1. The number of aryl methyl sites for hydroxylation is 2. The minimum atomic E-state index is 0.364. The van der Waals surface area contributed by atoms with Gasteiger partial charge in [-0.05, 0) is 76.5 Å². The normalized spacial score (nSPS) is 29.7. The lowest BCUT2D eigenvalue weighted by Gasteiger charge is -2.47. The van der Waals surface area contributed by atoms with Crippen molar-refractivity contribution in [1.29, 1.82) is 0 Å². The van der Waals surface area contributed by atoms with Crippen LogP contribution in [-0.2, 0) is 17.3 Å². The molecule has 2 aromatic rings. The second kappa shape index (κ2) is 7.93. The molecule has 2 bridgehead atoms. The van der Waals surface area contributed by atoms with Crippen LogP contribution in [0.25, 0.3) is 0 Å². The van der Waals surface area contributed by atoms with Crippen LogP contribution in [0.2, 0.25) is 0 Å². The third kappa shape index (κ3) is 3.58. The van der Waals surface area contributed by atoms with Gasteiger partial charge in [0.05, 0.1) is 0 Å². The van der Waals surface area contributed by atoms with Gasteiger partial charge in [-0.3, -0.25) is 0 Å². The van der Waals surface area contributed by atoms with Crippen LogP contribution < -0.4 is 0 Å². The van der Waals surface area contributed by atoms with E-state index in [1.54, 1.807) is 11.1 Å². The van der Waals surface area contributed by atoms with Crippen LogP contribution in [0, 0.1) is 24.2 Å². The first-order valence-corrected chi connectivity index (χ1v) is 11.7. The Bertz CT molecular complexity index is 830. The molecule has 0 aliphatic heterocycles. The second-order valence-electron chi connectivity index (χ2n) is 10.9. The van der Waals surface area contributed by atoms with Gasteiger partial charge in [0, 0.05) is 0 Å². The molecule has 4 unspecified atom stereocenters. The summed E-state index contributed by atoms with van der Waals surface area (Å²) in [6.07, 6.45) is 5.18. The smallest absolute Gasteiger partial charge is 0.000979 e. The Balaban J connectivity index is 0.000000177. The summed E-state index contributed by atoms with van der Waals surface area (Å²) in [7, 11) is 0. The van der Waals surface area contributed by atoms with Gasteiger partial charge < -0.3 is 0 Å². The fraction of sp³-hybridized carbons (Fsp3) is 0.586. The molecule has 0 spiro atoms. The number of benzene rings is 2. The maximum absolute atomic E-state index is 2.49. The lowest BCUT2D eigenvalue weighted by atomic mass is 9.57. The molecule has 0 amide bonds. The van der Waals surface area contributed by atoms with E-state index in [4.69, 9.17) is 0 Å². The van der Waals surface area contributed by atoms with E-state index in [0.717, 1.165) is 11.8 Å². The highest BCUT2D eigenvalue weighted by molar-refractivity contribution is 5.55. The van der Waals surface area contributed by atoms with E-state index in [0.29, 0.717) is 16.2 Å². The highest BCUT2D eigenvalue weighted by Gasteiger charge is 2.66. The molecule has 0 aromatic heterocycles. The average Bonchev–Trinajstić information content (AvgIpc) is 3.04. The van der Waals surface area contributed by atoms with Gasteiger partial charge in [0.15, 0.2) is 0 Å². The Labute approximate surface area is 180 Å². The standard InChI is InChI=1S/C17H24.C12H18/c1-11-8-7-9-13-14(11)16(5)10-17(13,6)15(3,4)12(16)2;1-3-11(2)9-10-12-7-5-4-6-8-12/h7-9,12H,10H2,1-6H3;4-8,11H,3,9-10H2,1-2H3. The monoisotopic (exact) mass is 390 g/mol. The third-order valence-corrected chi connectivity index (χ3v) is 9.09. The Morgan fingerprint density at radius 2 is 1.62 bits per heavy atom. The van der Waals surface area contributed by atoms with Gasteiger partial charge in [0.25, 0.3) is 0 Å². The van der Waals surface area contributed by atoms with Crippen LogP contribution in [-0.4, -0.2) is 0 Å². The Morgan fingerprint density at radius 3 is 2.24 bits per heavy atom. The topological polar surface area (TPSA) is 0 Å². The summed E-state index contributed by atoms with van der Waals surface area (Å²) >= 11 is 0. The summed E-state index contributed by atoms with van der Waals surface area (Å²) in [5, 5.41) is 0. The quantitative estimate of drug-likeness (QED) is 0.493. The summed E-state index contributed by atoms with van der Waals surface area (Å²) in [6, 6.07) is 17.6. The van der Waals surface area contributed by atoms with Crippen LogP contribution in [0.15, 0.2) is 48.5 Å². The van der Waals surface area contributed by atoms with Crippen LogP contribution >= 0.6 is 0 Å². The van der Waals surface area contributed by atoms with Gasteiger partial charge in [-0.25, -0.2) is 0 Å². The fourth-order valence-electron chi connectivity index (χ4n) is 6.28. The summed E-state index contributed by atoms with van der Waals surface area (Å²) in [5.41, 5.74) is 7.41. The van der Waals surface area contributed by atoms with Crippen molar-refractivity contribution >= 4 is 0 Å². The predicted octanol–water partition coefficient (Wildman–Crippen LogP) is 8.26. The van der Waals surface area contributed by atoms with Crippen LogP contribution in [0.4, 0.5) is 0 Å². The van der Waals surface area contributed by atoms with E-state index >= 15 is 0 Å². The first-order chi connectivity index (χ1) is 13.6. The van der Waals surface area contributed by atoms with Crippen molar-refractivity contribution in [1.82, 2.24) is 0 Å². The fourth-order valence-corrected chi connectivity index (χ4v) is 6.28. The Hall–Kier alpha value is -1.56. The Kier molecular flexibility index (Phi) is 6.06. The Morgan fingerprint density at radius 1 is 0.966 bits per heavy atom. The van der Waals surface area contributed by atoms with Crippen molar-refractivity contribution in [2.75, 3.05) is 0 Å². The summed E-state index contributed by atoms with van der Waals surface area (Å²) in [4.78, 5) is 0. The van der Waals surface area contributed by atoms with Gasteiger partial charge in [-0.2, -0.15) is 0 Å². The molecule has 0 N–H and O–H groups in total. The molecular formula is C29H42. The maximum Gasteiger partial charge on any atom is -0.000979 e. The average molecular weight is 391 g/mol. The molecule has 0 nitrogen and oxygen atoms in total. The minimum absolute atomic E-state index is 0.364. The van der Waals surface area contributed by atoms with E-state index < -0.39 is 0 Å². The van der Waals surface area contributed by atoms with Gasteiger partial charge in [0.2, 0.25) is 0 Å². The van der Waals surface area contributed by atoms with Crippen molar-refractivity contribution in [3.8, 4) is 0 Å². The van der Waals surface area contributed by atoms with Crippen molar-refractivity contribution in [3.63, 3.8) is 0 Å². The van der Waals surface area contributed by atoms with Gasteiger partial charge >= 0.3 is 0 Å². The zero-order valence-electron chi connectivity index (χ0n) is 20.1. The minimum Gasteiger partial charge on any atom is -0.0651 e. The molecular weight excluding hydrogens is 348 g/mol. The molecule has 4 rings (SSSR count). The van der Waals surface area contributed by atoms with E-state index in [-0.39, 0.29) is 0 Å². The molecule has 0 heteroatoms. The predicted molar refractivity (Wildman–Crippen MR) is 128 cm³/mol. The molecule has 1 saturated carbocycles. The van der Waals surface area contributed by atoms with Gasteiger partial charge in [-0.15, -0.1) is 0 Å². The summed E-state index contributed by atoms with van der Waals surface area (Å²) in [6.45, 7) is 19.2. The molecule has 0 saturated heterocycles. The van der Waals surface area contributed by atoms with E-state index in [9.17, 15) is 0 Å². The van der Waals surface area contributed by atoms with E-state index in [1.807, 2.05) is 0 Å². The molecule has 2 aliphatic carbocycles. The third-order valence-electron chi connectivity index (χ3n) is 9.09. The van der Waals surface area contributed by atoms with Crippen molar-refractivity contribution in [3.05, 3.63) is 70.8 Å². The molecule has 4 atom stereocenters. The number of hydrogen-bond acceptors (Lipinski definition) is 0.